The number of thiophene rings is 6. The first-order valence-electron chi connectivity index (χ1n) is 28.2. The quantitative estimate of drug-likeness (QED) is 0.0824. The smallest absolute Gasteiger partial charge is 0.194 e. The number of carbonyl (C=O) groups is 2. The van der Waals surface area contributed by atoms with E-state index in [-0.39, 0.29) is 89.1 Å². The highest BCUT2D eigenvalue weighted by Gasteiger charge is 2.38. The summed E-state index contributed by atoms with van der Waals surface area (Å²) in [6.45, 7) is 9.96. The van der Waals surface area contributed by atoms with Gasteiger partial charge in [0.05, 0.1) is 91.8 Å². The molecule has 452 valence electrons. The van der Waals surface area contributed by atoms with E-state index in [2.05, 4.69) is 36.8 Å². The van der Waals surface area contributed by atoms with Crippen LogP contribution in [-0.2, 0) is 13.1 Å². The first-order chi connectivity index (χ1) is 44.7. The van der Waals surface area contributed by atoms with Crippen molar-refractivity contribution in [3.05, 3.63) is 158 Å². The fraction of sp³-hybridized carbons (Fsp3) is 0.118. The molecule has 0 atom stereocenters. The van der Waals surface area contributed by atoms with Crippen LogP contribution < -0.4 is 0 Å². The maximum atomic E-state index is 14.5. The molecule has 0 aliphatic heterocycles. The van der Waals surface area contributed by atoms with Gasteiger partial charge in [0.25, 0.3) is 0 Å². The monoisotopic (exact) mass is 1430 g/mol. The standard InChI is InChI=1S/C68H30Cl4F4N8O2S7/c1-23(2)21-83-55-49(63-57(83)67-65(91-63)51(71)61(89-67)45-15-37(69)43(87-45)13-35-47(29(17-77)18-78)31-5-25-9-39(73)41(75)11-27(25)7-33(31)59(35)85)53-54(82-93-81-53)50-56(55)84(22-24(3)4)58-64(50)92-66-52(72)62(90-68(58)66)46-16-38(70)44(88-46)14-36-48(30(19-79)20-80)32-6-26-10-40(74)42(76)12-28(26)8-34(32)60(36)86/h5-16,23-24H,21-22H2,1-4H3/b35-13-,36-14-. The van der Waals surface area contributed by atoms with Crippen molar-refractivity contribution in [3.8, 4) is 43.8 Å². The molecule has 0 amide bonds. The molecule has 0 spiro atoms. The summed E-state index contributed by atoms with van der Waals surface area (Å²) in [7, 11) is 0. The topological polar surface area (TPSA) is 165 Å². The van der Waals surface area contributed by atoms with E-state index in [9.17, 15) is 48.2 Å². The fourth-order valence-electron chi connectivity index (χ4n) is 12.9. The zero-order chi connectivity index (χ0) is 64.8. The first-order valence-corrected chi connectivity index (χ1v) is 35.3. The molecule has 0 saturated heterocycles. The Morgan fingerprint density at radius 3 is 1.18 bits per heavy atom. The van der Waals surface area contributed by atoms with E-state index in [1.54, 1.807) is 47.0 Å². The molecule has 0 N–H and O–H groups in total. The minimum Gasteiger partial charge on any atom is -0.337 e. The molecular formula is C68H30Cl4F4N8O2S7. The van der Waals surface area contributed by atoms with Crippen LogP contribution in [0.1, 0.15) is 69.3 Å². The van der Waals surface area contributed by atoms with Crippen molar-refractivity contribution in [2.45, 2.75) is 40.8 Å². The predicted molar refractivity (Wildman–Crippen MR) is 375 cm³/mol. The number of benzene rings is 5. The van der Waals surface area contributed by atoms with Crippen LogP contribution >= 0.6 is 126 Å². The number of nitriles is 4. The molecule has 2 aliphatic rings. The highest BCUT2D eigenvalue weighted by atomic mass is 35.5. The number of ketones is 2. The van der Waals surface area contributed by atoms with Crippen molar-refractivity contribution in [2.75, 3.05) is 0 Å². The Labute approximate surface area is 570 Å². The molecule has 93 heavy (non-hydrogen) atoms. The zero-order valence-corrected chi connectivity index (χ0v) is 56.5. The minimum absolute atomic E-state index is 0.0368. The van der Waals surface area contributed by atoms with Crippen molar-refractivity contribution in [3.63, 3.8) is 0 Å². The summed E-state index contributed by atoms with van der Waals surface area (Å²) < 4.78 is 78.4. The Hall–Kier alpha value is -8.10. The number of Topliss-reactive ketones (excluding diaryl/α,β-unsaturated/α-hetero) is 2. The summed E-state index contributed by atoms with van der Waals surface area (Å²) >= 11 is 39.2. The lowest BCUT2D eigenvalue weighted by atomic mass is 9.97. The van der Waals surface area contributed by atoms with Crippen LogP contribution in [0.15, 0.2) is 83.0 Å². The third-order valence-electron chi connectivity index (χ3n) is 16.6. The lowest BCUT2D eigenvalue weighted by Crippen LogP contribution is -2.07. The van der Waals surface area contributed by atoms with Crippen molar-refractivity contribution in [2.24, 2.45) is 11.8 Å². The van der Waals surface area contributed by atoms with Gasteiger partial charge in [0.1, 0.15) is 46.5 Å². The molecular weight excluding hydrogens is 1400 g/mol. The maximum absolute atomic E-state index is 14.5. The molecule has 0 unspecified atom stereocenters. The number of aromatic nitrogens is 4. The van der Waals surface area contributed by atoms with Gasteiger partial charge in [-0.25, -0.2) is 17.6 Å². The lowest BCUT2D eigenvalue weighted by molar-refractivity contribution is 0.103. The second kappa shape index (κ2) is 21.7. The van der Waals surface area contributed by atoms with Gasteiger partial charge in [0.2, 0.25) is 0 Å². The molecule has 16 rings (SSSR count). The summed E-state index contributed by atoms with van der Waals surface area (Å²) in [4.78, 5) is 32.5. The summed E-state index contributed by atoms with van der Waals surface area (Å²) in [6.07, 6.45) is 3.11. The molecule has 0 bridgehead atoms. The largest absolute Gasteiger partial charge is 0.337 e. The zero-order valence-electron chi connectivity index (χ0n) is 47.8. The van der Waals surface area contributed by atoms with Crippen LogP contribution in [0.5, 0.6) is 0 Å². The van der Waals surface area contributed by atoms with E-state index < -0.39 is 34.8 Å². The predicted octanol–water partition coefficient (Wildman–Crippen LogP) is 22.9. The van der Waals surface area contributed by atoms with E-state index in [1.807, 2.05) is 24.3 Å². The third kappa shape index (κ3) is 8.73. The maximum Gasteiger partial charge on any atom is 0.194 e. The summed E-state index contributed by atoms with van der Waals surface area (Å²) in [6, 6.07) is 21.1. The van der Waals surface area contributed by atoms with Crippen molar-refractivity contribution >= 4 is 255 Å². The highest BCUT2D eigenvalue weighted by Crippen LogP contribution is 2.59. The Kier molecular flexibility index (Phi) is 14.0. The summed E-state index contributed by atoms with van der Waals surface area (Å²) in [5, 5.41) is 45.3. The Morgan fingerprint density at radius 1 is 0.484 bits per heavy atom. The number of halogens is 8. The van der Waals surface area contributed by atoms with Crippen LogP contribution in [-0.4, -0.2) is 29.4 Å². The van der Waals surface area contributed by atoms with Crippen LogP contribution in [0, 0.1) is 80.4 Å². The van der Waals surface area contributed by atoms with Crippen LogP contribution in [0.25, 0.3) is 136 Å². The molecule has 14 aromatic rings. The average molecular weight is 1430 g/mol. The van der Waals surface area contributed by atoms with Gasteiger partial charge in [-0.2, -0.15) is 29.8 Å². The fourth-order valence-corrected chi connectivity index (χ4v) is 22.9. The number of carbonyl (C=O) groups excluding carboxylic acids is 2. The van der Waals surface area contributed by atoms with Crippen LogP contribution in [0.2, 0.25) is 20.1 Å². The van der Waals surface area contributed by atoms with E-state index in [4.69, 9.17) is 55.2 Å². The Balaban J connectivity index is 0.843. The molecule has 9 aromatic heterocycles. The van der Waals surface area contributed by atoms with Gasteiger partial charge in [-0.15, -0.1) is 68.0 Å². The molecule has 5 aromatic carbocycles. The summed E-state index contributed by atoms with van der Waals surface area (Å²) in [5.41, 5.74) is 5.84. The normalized spacial score (nSPS) is 14.3. The van der Waals surface area contributed by atoms with E-state index in [0.29, 0.717) is 52.7 Å². The van der Waals surface area contributed by atoms with Crippen molar-refractivity contribution < 1.29 is 27.2 Å². The van der Waals surface area contributed by atoms with Gasteiger partial charge in [0, 0.05) is 76.8 Å². The number of hydrogen-bond acceptors (Lipinski definition) is 15. The SMILES string of the molecule is CC(C)Cn1c2c3sc(-c4cc(Cl)c(/C=C5\C(=O)c6cc7cc(F)c(F)cc7cc6C5=C(C#N)C#N)s4)c(Cl)c3sc2c2c3nsnc3c3c4sc5c(Cl)c(-c6cc(Cl)c(/C=C7\C(=O)c8cc9cc(F)c(F)cc9cc8C7=C(C#N)C#N)s6)sc5c4n(CC(C)C)c3c21. The molecule has 9 heterocycles. The number of hydrogen-bond donors (Lipinski definition) is 0. The average Bonchev–Trinajstić information content (AvgIpc) is 1.51. The number of nitrogens with zero attached hydrogens (tertiary/aromatic N) is 8. The minimum atomic E-state index is -1.08. The van der Waals surface area contributed by atoms with Gasteiger partial charge >= 0.3 is 0 Å². The van der Waals surface area contributed by atoms with Crippen molar-refractivity contribution in [1.29, 1.82) is 21.0 Å². The number of rotatable bonds is 8. The van der Waals surface area contributed by atoms with Gasteiger partial charge < -0.3 is 9.13 Å². The van der Waals surface area contributed by atoms with Gasteiger partial charge in [-0.3, -0.25) is 9.59 Å². The van der Waals surface area contributed by atoms with Gasteiger partial charge in [-0.1, -0.05) is 74.1 Å². The van der Waals surface area contributed by atoms with E-state index in [0.717, 1.165) is 118 Å². The summed E-state index contributed by atoms with van der Waals surface area (Å²) in [5.74, 6) is -5.01. The number of allylic oxidation sites excluding steroid dienone is 6. The van der Waals surface area contributed by atoms with Gasteiger partial charge in [0.15, 0.2) is 34.8 Å². The molecule has 10 nitrogen and oxygen atoms in total. The third-order valence-corrected chi connectivity index (χ3v) is 26.8. The molecule has 0 saturated carbocycles. The molecule has 25 heteroatoms. The van der Waals surface area contributed by atoms with Crippen LogP contribution in [0.4, 0.5) is 17.6 Å². The highest BCUT2D eigenvalue weighted by molar-refractivity contribution is 7.37. The van der Waals surface area contributed by atoms with Crippen molar-refractivity contribution in [1.82, 2.24) is 17.9 Å². The van der Waals surface area contributed by atoms with E-state index >= 15 is 0 Å². The Morgan fingerprint density at radius 2 is 0.839 bits per heavy atom. The van der Waals surface area contributed by atoms with Crippen LogP contribution in [0.3, 0.4) is 0 Å². The molecule has 0 fully saturated rings. The second-order valence-electron chi connectivity index (χ2n) is 23.2. The second-order valence-corrected chi connectivity index (χ2v) is 31.5. The Bertz CT molecular complexity index is 5840. The molecule has 2 aliphatic carbocycles. The van der Waals surface area contributed by atoms with Gasteiger partial charge in [-0.05, 0) is 117 Å². The lowest BCUT2D eigenvalue weighted by Gasteiger charge is -2.15. The molecule has 0 radical (unpaired) electrons. The number of fused-ring (bicyclic) bond motifs is 18. The first kappa shape index (κ1) is 59.9. The van der Waals surface area contributed by atoms with E-state index in [1.165, 1.54) is 69.6 Å².